The fourth-order valence-corrected chi connectivity index (χ4v) is 2.99. The molecule has 0 bridgehead atoms. The van der Waals surface area contributed by atoms with E-state index in [4.69, 9.17) is 0 Å². The zero-order valence-electron chi connectivity index (χ0n) is 11.4. The van der Waals surface area contributed by atoms with E-state index in [0.29, 0.717) is 6.54 Å². The van der Waals surface area contributed by atoms with Crippen LogP contribution in [0.3, 0.4) is 0 Å². The summed E-state index contributed by atoms with van der Waals surface area (Å²) >= 11 is 1.58. The molecule has 0 fully saturated rings. The third-order valence-electron chi connectivity index (χ3n) is 2.92. The van der Waals surface area contributed by atoms with Crippen molar-refractivity contribution in [3.8, 4) is 10.6 Å². The van der Waals surface area contributed by atoms with Crippen molar-refractivity contribution in [3.05, 3.63) is 40.9 Å². The molecule has 0 aliphatic carbocycles. The smallest absolute Gasteiger partial charge is 0.123 e. The van der Waals surface area contributed by atoms with Crippen LogP contribution >= 0.6 is 11.3 Å². The lowest BCUT2D eigenvalue weighted by molar-refractivity contribution is 0.178. The quantitative estimate of drug-likeness (QED) is 0.797. The molecule has 0 saturated carbocycles. The minimum Gasteiger partial charge on any atom is -0.386 e. The van der Waals surface area contributed by atoms with E-state index >= 15 is 0 Å². The summed E-state index contributed by atoms with van der Waals surface area (Å²) < 4.78 is 0. The molecule has 0 aliphatic heterocycles. The molecular weight excluding hydrogens is 256 g/mol. The second kappa shape index (κ2) is 6.80. The number of nitrogens with zero attached hydrogens (tertiary/aromatic N) is 1. The number of hydrogen-bond donors (Lipinski definition) is 2. The van der Waals surface area contributed by atoms with Crippen molar-refractivity contribution in [2.45, 2.75) is 26.4 Å². The maximum absolute atomic E-state index is 10.2. The number of aliphatic hydroxyl groups is 1. The van der Waals surface area contributed by atoms with Crippen LogP contribution in [-0.2, 0) is 0 Å². The molecule has 2 N–H and O–H groups in total. The molecule has 1 aromatic carbocycles. The average Bonchev–Trinajstić information content (AvgIpc) is 2.82. The minimum atomic E-state index is -0.471. The van der Waals surface area contributed by atoms with Crippen LogP contribution in [0.1, 0.15) is 30.0 Å². The molecule has 2 rings (SSSR count). The molecule has 0 spiro atoms. The van der Waals surface area contributed by atoms with Gasteiger partial charge in [0.1, 0.15) is 11.1 Å². The largest absolute Gasteiger partial charge is 0.386 e. The number of aryl methyl sites for hydroxylation is 1. The van der Waals surface area contributed by atoms with Gasteiger partial charge in [-0.25, -0.2) is 4.98 Å². The van der Waals surface area contributed by atoms with Gasteiger partial charge in [0, 0.05) is 12.1 Å². The van der Waals surface area contributed by atoms with Crippen molar-refractivity contribution >= 4 is 11.3 Å². The Labute approximate surface area is 118 Å². The molecule has 0 saturated heterocycles. The molecule has 1 atom stereocenters. The van der Waals surface area contributed by atoms with Crippen LogP contribution in [0.4, 0.5) is 0 Å². The standard InChI is InChI=1S/C15H20N2OS/c1-3-9-16-10-13(18)14-11(2)17-15(19-14)12-7-5-4-6-8-12/h4-8,13,16,18H,3,9-10H2,1-2H3. The summed E-state index contributed by atoms with van der Waals surface area (Å²) in [5, 5.41) is 14.4. The second-order valence-corrected chi connectivity index (χ2v) is 5.59. The Balaban J connectivity index is 2.13. The molecule has 19 heavy (non-hydrogen) atoms. The Morgan fingerprint density at radius 2 is 2.05 bits per heavy atom. The van der Waals surface area contributed by atoms with Gasteiger partial charge in [0.2, 0.25) is 0 Å². The third kappa shape index (κ3) is 3.62. The summed E-state index contributed by atoms with van der Waals surface area (Å²) in [6, 6.07) is 10.1. The topological polar surface area (TPSA) is 45.1 Å². The highest BCUT2D eigenvalue weighted by molar-refractivity contribution is 7.15. The Bertz CT molecular complexity index is 510. The lowest BCUT2D eigenvalue weighted by atomic mass is 10.2. The predicted octanol–water partition coefficient (Wildman–Crippen LogP) is 3.15. The van der Waals surface area contributed by atoms with Crippen molar-refractivity contribution in [2.75, 3.05) is 13.1 Å². The number of nitrogens with one attached hydrogen (secondary N) is 1. The van der Waals surface area contributed by atoms with Gasteiger partial charge in [0.05, 0.1) is 10.6 Å². The fraction of sp³-hybridized carbons (Fsp3) is 0.400. The Hall–Kier alpha value is -1.23. The van der Waals surface area contributed by atoms with E-state index in [1.807, 2.05) is 37.3 Å². The monoisotopic (exact) mass is 276 g/mol. The predicted molar refractivity (Wildman–Crippen MR) is 80.4 cm³/mol. The Morgan fingerprint density at radius 3 is 2.74 bits per heavy atom. The van der Waals surface area contributed by atoms with E-state index in [1.165, 1.54) is 0 Å². The Kier molecular flexibility index (Phi) is 5.07. The SMILES string of the molecule is CCCNCC(O)c1sc(-c2ccccc2)nc1C. The first-order valence-corrected chi connectivity index (χ1v) is 7.45. The maximum Gasteiger partial charge on any atom is 0.123 e. The van der Waals surface area contributed by atoms with Gasteiger partial charge >= 0.3 is 0 Å². The lowest BCUT2D eigenvalue weighted by Gasteiger charge is -2.09. The first-order chi connectivity index (χ1) is 9.22. The van der Waals surface area contributed by atoms with Gasteiger partial charge in [-0.1, -0.05) is 37.3 Å². The highest BCUT2D eigenvalue weighted by Gasteiger charge is 2.16. The number of rotatable bonds is 6. The molecule has 1 aromatic heterocycles. The number of aromatic nitrogens is 1. The van der Waals surface area contributed by atoms with Crippen LogP contribution in [0, 0.1) is 6.92 Å². The van der Waals surface area contributed by atoms with Gasteiger partial charge in [0.25, 0.3) is 0 Å². The van der Waals surface area contributed by atoms with Crippen molar-refractivity contribution in [3.63, 3.8) is 0 Å². The van der Waals surface area contributed by atoms with Crippen molar-refractivity contribution < 1.29 is 5.11 Å². The molecule has 3 nitrogen and oxygen atoms in total. The van der Waals surface area contributed by atoms with Crippen LogP contribution in [0.15, 0.2) is 30.3 Å². The fourth-order valence-electron chi connectivity index (χ4n) is 1.93. The molecule has 0 amide bonds. The number of aliphatic hydroxyl groups excluding tert-OH is 1. The van der Waals surface area contributed by atoms with E-state index in [0.717, 1.165) is 34.1 Å². The average molecular weight is 276 g/mol. The molecular formula is C15H20N2OS. The number of benzene rings is 1. The summed E-state index contributed by atoms with van der Waals surface area (Å²) in [6.07, 6.45) is 0.602. The number of hydrogen-bond acceptors (Lipinski definition) is 4. The zero-order chi connectivity index (χ0) is 13.7. The first kappa shape index (κ1) is 14.2. The van der Waals surface area contributed by atoms with Crippen molar-refractivity contribution in [1.29, 1.82) is 0 Å². The van der Waals surface area contributed by atoms with Crippen LogP contribution in [0.5, 0.6) is 0 Å². The summed E-state index contributed by atoms with van der Waals surface area (Å²) in [6.45, 7) is 5.59. The maximum atomic E-state index is 10.2. The van der Waals surface area contributed by atoms with Gasteiger partial charge in [-0.15, -0.1) is 11.3 Å². The van der Waals surface area contributed by atoms with Crippen LogP contribution in [0.25, 0.3) is 10.6 Å². The molecule has 0 radical (unpaired) electrons. The van der Waals surface area contributed by atoms with Crippen LogP contribution in [-0.4, -0.2) is 23.2 Å². The van der Waals surface area contributed by atoms with Gasteiger partial charge in [-0.05, 0) is 19.9 Å². The van der Waals surface area contributed by atoms with Gasteiger partial charge in [-0.3, -0.25) is 0 Å². The molecule has 2 aromatic rings. The van der Waals surface area contributed by atoms with Gasteiger partial charge < -0.3 is 10.4 Å². The molecule has 1 unspecified atom stereocenters. The van der Waals surface area contributed by atoms with E-state index < -0.39 is 6.10 Å². The second-order valence-electron chi connectivity index (χ2n) is 4.55. The first-order valence-electron chi connectivity index (χ1n) is 6.64. The summed E-state index contributed by atoms with van der Waals surface area (Å²) in [4.78, 5) is 5.52. The summed E-state index contributed by atoms with van der Waals surface area (Å²) in [7, 11) is 0. The molecule has 4 heteroatoms. The van der Waals surface area contributed by atoms with E-state index in [9.17, 15) is 5.11 Å². The van der Waals surface area contributed by atoms with Crippen LogP contribution < -0.4 is 5.32 Å². The highest BCUT2D eigenvalue weighted by atomic mass is 32.1. The van der Waals surface area contributed by atoms with Gasteiger partial charge in [0.15, 0.2) is 0 Å². The Morgan fingerprint density at radius 1 is 1.32 bits per heavy atom. The normalized spacial score (nSPS) is 12.6. The van der Waals surface area contributed by atoms with E-state index in [1.54, 1.807) is 11.3 Å². The number of thiazole rings is 1. The molecule has 0 aliphatic rings. The minimum absolute atomic E-state index is 0.471. The van der Waals surface area contributed by atoms with E-state index in [2.05, 4.69) is 17.2 Å². The van der Waals surface area contributed by atoms with E-state index in [-0.39, 0.29) is 0 Å². The van der Waals surface area contributed by atoms with Crippen molar-refractivity contribution in [1.82, 2.24) is 10.3 Å². The molecule has 102 valence electrons. The summed E-state index contributed by atoms with van der Waals surface area (Å²) in [5.74, 6) is 0. The van der Waals surface area contributed by atoms with Gasteiger partial charge in [-0.2, -0.15) is 0 Å². The zero-order valence-corrected chi connectivity index (χ0v) is 12.2. The third-order valence-corrected chi connectivity index (χ3v) is 4.23. The summed E-state index contributed by atoms with van der Waals surface area (Å²) in [5.41, 5.74) is 2.03. The highest BCUT2D eigenvalue weighted by Crippen LogP contribution is 2.31. The van der Waals surface area contributed by atoms with Crippen molar-refractivity contribution in [2.24, 2.45) is 0 Å². The molecule has 1 heterocycles. The van der Waals surface area contributed by atoms with Crippen LogP contribution in [0.2, 0.25) is 0 Å². The lowest BCUT2D eigenvalue weighted by Crippen LogP contribution is -2.21.